The van der Waals surface area contributed by atoms with Crippen LogP contribution in [-0.2, 0) is 4.74 Å². The van der Waals surface area contributed by atoms with Crippen molar-refractivity contribution in [2.24, 2.45) is 0 Å². The van der Waals surface area contributed by atoms with Crippen molar-refractivity contribution < 1.29 is 9.84 Å². The molecule has 0 aliphatic heterocycles. The second kappa shape index (κ2) is 5.89. The predicted molar refractivity (Wildman–Crippen MR) is 62.7 cm³/mol. The van der Waals surface area contributed by atoms with Gasteiger partial charge in [0.1, 0.15) is 5.82 Å². The second-order valence-electron chi connectivity index (χ2n) is 3.08. The summed E-state index contributed by atoms with van der Waals surface area (Å²) in [4.78, 5) is 4.10. The monoisotopic (exact) mass is 275 g/mol. The largest absolute Gasteiger partial charge is 0.397 e. The Morgan fingerprint density at radius 1 is 1.73 bits per heavy atom. The summed E-state index contributed by atoms with van der Waals surface area (Å²) in [5, 5.41) is 12.1. The van der Waals surface area contributed by atoms with E-state index in [9.17, 15) is 0 Å². The first-order valence-electron chi connectivity index (χ1n) is 4.44. The summed E-state index contributed by atoms with van der Waals surface area (Å²) < 4.78 is 5.70. The van der Waals surface area contributed by atoms with Crippen LogP contribution in [0.5, 0.6) is 0 Å². The molecule has 1 aromatic heterocycles. The average Bonchev–Trinajstić information content (AvgIpc) is 2.21. The Kier molecular flexibility index (Phi) is 4.80. The highest BCUT2D eigenvalue weighted by Crippen LogP contribution is 2.22. The molecule has 0 aliphatic carbocycles. The number of hydrogen-bond donors (Lipinski definition) is 3. The fourth-order valence-electron chi connectivity index (χ4n) is 1.09. The van der Waals surface area contributed by atoms with Crippen LogP contribution in [0.4, 0.5) is 11.5 Å². The summed E-state index contributed by atoms with van der Waals surface area (Å²) in [6, 6.07) is 1.57. The second-order valence-corrected chi connectivity index (χ2v) is 3.93. The number of nitrogens with zero attached hydrogens (tertiary/aromatic N) is 1. The van der Waals surface area contributed by atoms with Gasteiger partial charge in [-0.1, -0.05) is 0 Å². The number of nitrogen functional groups attached to an aromatic ring is 1. The van der Waals surface area contributed by atoms with Gasteiger partial charge in [0.2, 0.25) is 0 Å². The molecule has 0 bridgehead atoms. The molecule has 1 unspecified atom stereocenters. The third-order valence-electron chi connectivity index (χ3n) is 1.79. The van der Waals surface area contributed by atoms with Gasteiger partial charge < -0.3 is 20.9 Å². The number of aliphatic hydroxyl groups excluding tert-OH is 1. The predicted octanol–water partition coefficient (Wildman–Crippen LogP) is 0.845. The lowest BCUT2D eigenvalue weighted by Crippen LogP contribution is -2.29. The van der Waals surface area contributed by atoms with Crippen LogP contribution in [0.25, 0.3) is 0 Å². The number of nitrogens with one attached hydrogen (secondary N) is 1. The lowest BCUT2D eigenvalue weighted by Gasteiger charge is -2.16. The van der Waals surface area contributed by atoms with Crippen molar-refractivity contribution in [3.05, 3.63) is 16.7 Å². The molecule has 0 saturated carbocycles. The number of aliphatic hydroxyl groups is 1. The number of nitrogens with two attached hydrogens (primary N) is 1. The van der Waals surface area contributed by atoms with Crippen molar-refractivity contribution in [3.63, 3.8) is 0 Å². The number of anilines is 2. The van der Waals surface area contributed by atoms with Crippen LogP contribution in [0.1, 0.15) is 0 Å². The first kappa shape index (κ1) is 12.2. The van der Waals surface area contributed by atoms with Crippen LogP contribution in [0.15, 0.2) is 16.7 Å². The summed E-state index contributed by atoms with van der Waals surface area (Å²) in [5.74, 6) is 0.639. The Labute approximate surface area is 96.8 Å². The molecule has 4 N–H and O–H groups in total. The lowest BCUT2D eigenvalue weighted by molar-refractivity contribution is 0.153. The molecule has 0 amide bonds. The molecule has 1 rings (SSSR count). The van der Waals surface area contributed by atoms with Crippen molar-refractivity contribution in [1.29, 1.82) is 0 Å². The zero-order valence-corrected chi connectivity index (χ0v) is 9.99. The average molecular weight is 276 g/mol. The summed E-state index contributed by atoms with van der Waals surface area (Å²) in [5.41, 5.74) is 6.14. The number of aromatic nitrogens is 1. The Morgan fingerprint density at radius 3 is 3.00 bits per heavy atom. The normalized spacial score (nSPS) is 12.5. The molecule has 1 aromatic rings. The number of ether oxygens (including phenoxy) is 1. The maximum Gasteiger partial charge on any atom is 0.140 e. The zero-order chi connectivity index (χ0) is 11.3. The van der Waals surface area contributed by atoms with Gasteiger partial charge in [-0.25, -0.2) is 4.98 Å². The molecule has 0 saturated heterocycles. The van der Waals surface area contributed by atoms with E-state index in [0.29, 0.717) is 18.1 Å². The smallest absolute Gasteiger partial charge is 0.140 e. The van der Waals surface area contributed by atoms with E-state index in [2.05, 4.69) is 26.2 Å². The molecule has 0 spiro atoms. The number of hydrogen-bond acceptors (Lipinski definition) is 5. The van der Waals surface area contributed by atoms with E-state index >= 15 is 0 Å². The molecule has 0 aliphatic rings. The SMILES string of the molecule is COCC(CO)Nc1ncc(N)cc1Br. The van der Waals surface area contributed by atoms with Gasteiger partial charge in [-0.2, -0.15) is 0 Å². The first-order chi connectivity index (χ1) is 7.17. The Hall–Kier alpha value is -0.850. The molecular formula is C9H14BrN3O2. The standard InChI is InChI=1S/C9H14BrN3O2/c1-15-5-7(4-14)13-9-8(10)2-6(11)3-12-9/h2-3,7,14H,4-5,11H2,1H3,(H,12,13). The fraction of sp³-hybridized carbons (Fsp3) is 0.444. The quantitative estimate of drug-likeness (QED) is 0.742. The van der Waals surface area contributed by atoms with Crippen molar-refractivity contribution in [3.8, 4) is 0 Å². The van der Waals surface area contributed by atoms with E-state index in [4.69, 9.17) is 15.6 Å². The number of methoxy groups -OCH3 is 1. The van der Waals surface area contributed by atoms with Gasteiger partial charge in [-0.15, -0.1) is 0 Å². The highest BCUT2D eigenvalue weighted by atomic mass is 79.9. The van der Waals surface area contributed by atoms with Crippen molar-refractivity contribution >= 4 is 27.4 Å². The van der Waals surface area contributed by atoms with E-state index in [1.165, 1.54) is 0 Å². The zero-order valence-electron chi connectivity index (χ0n) is 8.40. The summed E-state index contributed by atoms with van der Waals surface area (Å²) >= 11 is 3.33. The van der Waals surface area contributed by atoms with Gasteiger partial charge >= 0.3 is 0 Å². The van der Waals surface area contributed by atoms with Crippen molar-refractivity contribution in [2.75, 3.05) is 31.4 Å². The number of halogens is 1. The molecular weight excluding hydrogens is 262 g/mol. The molecule has 6 heteroatoms. The van der Waals surface area contributed by atoms with E-state index < -0.39 is 0 Å². The van der Waals surface area contributed by atoms with E-state index in [1.807, 2.05) is 0 Å². The summed E-state index contributed by atoms with van der Waals surface area (Å²) in [6.45, 7) is 0.390. The van der Waals surface area contributed by atoms with Crippen LogP contribution in [0.3, 0.4) is 0 Å². The van der Waals surface area contributed by atoms with Gasteiger partial charge in [0.25, 0.3) is 0 Å². The number of pyridine rings is 1. The Bertz CT molecular complexity index is 322. The van der Waals surface area contributed by atoms with Crippen LogP contribution in [-0.4, -0.2) is 36.5 Å². The molecule has 0 fully saturated rings. The molecule has 1 heterocycles. The molecule has 0 aromatic carbocycles. The Morgan fingerprint density at radius 2 is 2.47 bits per heavy atom. The Balaban J connectivity index is 2.70. The van der Waals surface area contributed by atoms with E-state index in [-0.39, 0.29) is 12.6 Å². The lowest BCUT2D eigenvalue weighted by atomic mass is 10.3. The van der Waals surface area contributed by atoms with Crippen molar-refractivity contribution in [1.82, 2.24) is 4.98 Å². The van der Waals surface area contributed by atoms with Crippen LogP contribution in [0.2, 0.25) is 0 Å². The highest BCUT2D eigenvalue weighted by molar-refractivity contribution is 9.10. The van der Waals surface area contributed by atoms with Gasteiger partial charge in [0, 0.05) is 7.11 Å². The number of rotatable bonds is 5. The molecule has 5 nitrogen and oxygen atoms in total. The van der Waals surface area contributed by atoms with Gasteiger partial charge in [-0.05, 0) is 22.0 Å². The third kappa shape index (κ3) is 3.65. The minimum atomic E-state index is -0.178. The van der Waals surface area contributed by atoms with E-state index in [0.717, 1.165) is 4.47 Å². The van der Waals surface area contributed by atoms with Crippen LogP contribution >= 0.6 is 15.9 Å². The first-order valence-corrected chi connectivity index (χ1v) is 5.24. The summed E-state index contributed by atoms with van der Waals surface area (Å²) in [6.07, 6.45) is 1.55. The fourth-order valence-corrected chi connectivity index (χ4v) is 1.57. The molecule has 0 radical (unpaired) electrons. The molecule has 1 atom stereocenters. The minimum absolute atomic E-state index is 0.0215. The van der Waals surface area contributed by atoms with E-state index in [1.54, 1.807) is 19.4 Å². The maximum atomic E-state index is 9.05. The van der Waals surface area contributed by atoms with Gasteiger partial charge in [0.05, 0.1) is 35.6 Å². The van der Waals surface area contributed by atoms with Crippen LogP contribution in [0, 0.1) is 0 Å². The highest BCUT2D eigenvalue weighted by Gasteiger charge is 2.09. The van der Waals surface area contributed by atoms with Gasteiger partial charge in [-0.3, -0.25) is 0 Å². The van der Waals surface area contributed by atoms with Crippen molar-refractivity contribution in [2.45, 2.75) is 6.04 Å². The topological polar surface area (TPSA) is 80.4 Å². The maximum absolute atomic E-state index is 9.05. The molecule has 15 heavy (non-hydrogen) atoms. The minimum Gasteiger partial charge on any atom is -0.397 e. The summed E-state index contributed by atoms with van der Waals surface area (Å²) in [7, 11) is 1.58. The van der Waals surface area contributed by atoms with Crippen LogP contribution < -0.4 is 11.1 Å². The third-order valence-corrected chi connectivity index (χ3v) is 2.40. The molecule has 84 valence electrons. The van der Waals surface area contributed by atoms with Gasteiger partial charge in [0.15, 0.2) is 0 Å².